The largest absolute Gasteiger partial charge is 0.480 e. The van der Waals surface area contributed by atoms with Crippen LogP contribution >= 0.6 is 15.9 Å². The van der Waals surface area contributed by atoms with Crippen LogP contribution < -0.4 is 0 Å². The van der Waals surface area contributed by atoms with Gasteiger partial charge in [-0.25, -0.2) is 9.07 Å². The number of hydrogen-bond acceptors (Lipinski definition) is 4. The second kappa shape index (κ2) is 4.58. The van der Waals surface area contributed by atoms with E-state index in [1.807, 2.05) is 0 Å². The molecule has 17 heavy (non-hydrogen) atoms. The number of aromatic nitrogens is 4. The number of hydrogen-bond donors (Lipinski definition) is 1. The molecule has 88 valence electrons. The number of rotatable bonds is 3. The standard InChI is InChI=1S/C9H6BrFN4O2/c10-6-3-1-2-5(8(6)11)9-12-13-14-15(9)4-7(16)17/h1-3H,4H2,(H,16,17). The Hall–Kier alpha value is -1.83. The zero-order chi connectivity index (χ0) is 12.4. The lowest BCUT2D eigenvalue weighted by atomic mass is 10.2. The van der Waals surface area contributed by atoms with E-state index in [-0.39, 0.29) is 15.9 Å². The summed E-state index contributed by atoms with van der Waals surface area (Å²) in [5.41, 5.74) is 0.144. The molecule has 1 aromatic heterocycles. The average Bonchev–Trinajstić information content (AvgIpc) is 2.69. The van der Waals surface area contributed by atoms with Gasteiger partial charge in [0.2, 0.25) is 0 Å². The first-order valence-electron chi connectivity index (χ1n) is 4.52. The van der Waals surface area contributed by atoms with Crippen molar-refractivity contribution in [3.63, 3.8) is 0 Å². The van der Waals surface area contributed by atoms with E-state index in [1.54, 1.807) is 6.07 Å². The first-order chi connectivity index (χ1) is 8.09. The van der Waals surface area contributed by atoms with Crippen molar-refractivity contribution in [2.45, 2.75) is 6.54 Å². The molecule has 1 N–H and O–H groups in total. The summed E-state index contributed by atoms with van der Waals surface area (Å²) < 4.78 is 15.1. The van der Waals surface area contributed by atoms with Gasteiger partial charge in [-0.3, -0.25) is 4.79 Å². The number of halogens is 2. The van der Waals surface area contributed by atoms with Crippen LogP contribution in [0.1, 0.15) is 0 Å². The summed E-state index contributed by atoms with van der Waals surface area (Å²) in [5.74, 6) is -1.56. The molecule has 1 heterocycles. The number of tetrazole rings is 1. The zero-order valence-corrected chi connectivity index (χ0v) is 9.93. The van der Waals surface area contributed by atoms with E-state index < -0.39 is 18.3 Å². The Morgan fingerprint density at radius 2 is 2.29 bits per heavy atom. The molecule has 0 spiro atoms. The van der Waals surface area contributed by atoms with Gasteiger partial charge in [0.05, 0.1) is 10.0 Å². The molecule has 0 saturated carbocycles. The van der Waals surface area contributed by atoms with Gasteiger partial charge in [0, 0.05) is 0 Å². The number of aliphatic carboxylic acids is 1. The third kappa shape index (κ3) is 2.31. The second-order valence-electron chi connectivity index (χ2n) is 3.16. The molecule has 0 atom stereocenters. The molecule has 0 fully saturated rings. The lowest BCUT2D eigenvalue weighted by molar-refractivity contribution is -0.137. The SMILES string of the molecule is O=C(O)Cn1nnnc1-c1cccc(Br)c1F. The van der Waals surface area contributed by atoms with E-state index in [4.69, 9.17) is 5.11 Å². The fourth-order valence-corrected chi connectivity index (χ4v) is 1.67. The van der Waals surface area contributed by atoms with E-state index in [0.29, 0.717) is 0 Å². The third-order valence-electron chi connectivity index (χ3n) is 2.01. The van der Waals surface area contributed by atoms with Crippen LogP contribution in [0.25, 0.3) is 11.4 Å². The minimum Gasteiger partial charge on any atom is -0.480 e. The van der Waals surface area contributed by atoms with Crippen molar-refractivity contribution >= 4 is 21.9 Å². The zero-order valence-electron chi connectivity index (χ0n) is 8.34. The molecule has 0 aliphatic heterocycles. The molecule has 6 nitrogen and oxygen atoms in total. The van der Waals surface area contributed by atoms with E-state index in [2.05, 4.69) is 31.5 Å². The van der Waals surface area contributed by atoms with Gasteiger partial charge in [0.1, 0.15) is 12.4 Å². The highest BCUT2D eigenvalue weighted by atomic mass is 79.9. The molecule has 0 aliphatic rings. The number of carbonyl (C=O) groups is 1. The highest BCUT2D eigenvalue weighted by Gasteiger charge is 2.16. The van der Waals surface area contributed by atoms with E-state index >= 15 is 0 Å². The van der Waals surface area contributed by atoms with Gasteiger partial charge >= 0.3 is 5.97 Å². The van der Waals surface area contributed by atoms with E-state index in [9.17, 15) is 9.18 Å². The minimum atomic E-state index is -1.10. The first-order valence-corrected chi connectivity index (χ1v) is 5.31. The summed E-state index contributed by atoms with van der Waals surface area (Å²) in [7, 11) is 0. The van der Waals surface area contributed by atoms with Crippen molar-refractivity contribution in [2.24, 2.45) is 0 Å². The molecule has 0 aliphatic carbocycles. The molecule has 0 amide bonds. The van der Waals surface area contributed by atoms with Crippen molar-refractivity contribution in [3.8, 4) is 11.4 Å². The van der Waals surface area contributed by atoms with Crippen LogP contribution in [-0.4, -0.2) is 31.3 Å². The Balaban J connectivity index is 2.50. The van der Waals surface area contributed by atoms with Crippen LogP contribution in [0.3, 0.4) is 0 Å². The van der Waals surface area contributed by atoms with Gasteiger partial charge in [-0.15, -0.1) is 5.10 Å². The lowest BCUT2D eigenvalue weighted by Gasteiger charge is -2.04. The molecule has 0 radical (unpaired) electrons. The average molecular weight is 301 g/mol. The molecule has 1 aromatic carbocycles. The highest BCUT2D eigenvalue weighted by Crippen LogP contribution is 2.25. The van der Waals surface area contributed by atoms with Gasteiger partial charge in [-0.1, -0.05) is 6.07 Å². The van der Waals surface area contributed by atoms with Crippen LogP contribution in [0.2, 0.25) is 0 Å². The molecule has 0 saturated heterocycles. The molecule has 2 rings (SSSR count). The van der Waals surface area contributed by atoms with E-state index in [0.717, 1.165) is 4.68 Å². The fourth-order valence-electron chi connectivity index (χ4n) is 1.31. The summed E-state index contributed by atoms with van der Waals surface area (Å²) in [6.07, 6.45) is 0. The Morgan fingerprint density at radius 1 is 1.53 bits per heavy atom. The topological polar surface area (TPSA) is 80.9 Å². The van der Waals surface area contributed by atoms with Crippen molar-refractivity contribution in [3.05, 3.63) is 28.5 Å². The number of carboxylic acid groups (broad SMARTS) is 1. The van der Waals surface area contributed by atoms with Gasteiger partial charge in [-0.05, 0) is 38.5 Å². The van der Waals surface area contributed by atoms with Crippen LogP contribution in [0.15, 0.2) is 22.7 Å². The number of nitrogens with zero attached hydrogens (tertiary/aromatic N) is 4. The summed E-state index contributed by atoms with van der Waals surface area (Å²) in [6.45, 7) is -0.422. The van der Waals surface area contributed by atoms with Crippen molar-refractivity contribution in [2.75, 3.05) is 0 Å². The Labute approximate surface area is 103 Å². The smallest absolute Gasteiger partial charge is 0.325 e. The quantitative estimate of drug-likeness (QED) is 0.925. The summed E-state index contributed by atoms with van der Waals surface area (Å²) in [6, 6.07) is 4.62. The van der Waals surface area contributed by atoms with Crippen molar-refractivity contribution < 1.29 is 14.3 Å². The Kier molecular flexibility index (Phi) is 3.14. The third-order valence-corrected chi connectivity index (χ3v) is 2.62. The number of benzene rings is 1. The summed E-state index contributed by atoms with van der Waals surface area (Å²) in [4.78, 5) is 10.6. The molecule has 0 bridgehead atoms. The van der Waals surface area contributed by atoms with Crippen molar-refractivity contribution in [1.29, 1.82) is 0 Å². The van der Waals surface area contributed by atoms with Gasteiger partial charge in [0.25, 0.3) is 0 Å². The fraction of sp³-hybridized carbons (Fsp3) is 0.111. The molecule has 0 unspecified atom stereocenters. The van der Waals surface area contributed by atoms with Crippen LogP contribution in [-0.2, 0) is 11.3 Å². The predicted molar refractivity (Wildman–Crippen MR) is 58.5 cm³/mol. The van der Waals surface area contributed by atoms with E-state index in [1.165, 1.54) is 12.1 Å². The second-order valence-corrected chi connectivity index (χ2v) is 4.01. The predicted octanol–water partition coefficient (Wildman–Crippen LogP) is 1.33. The van der Waals surface area contributed by atoms with Gasteiger partial charge < -0.3 is 5.11 Å². The first kappa shape index (κ1) is 11.6. The maximum Gasteiger partial charge on any atom is 0.325 e. The normalized spacial score (nSPS) is 10.5. The highest BCUT2D eigenvalue weighted by molar-refractivity contribution is 9.10. The van der Waals surface area contributed by atoms with Gasteiger partial charge in [0.15, 0.2) is 5.82 Å². The van der Waals surface area contributed by atoms with Crippen LogP contribution in [0.4, 0.5) is 4.39 Å². The maximum absolute atomic E-state index is 13.8. The Morgan fingerprint density at radius 3 is 3.00 bits per heavy atom. The summed E-state index contributed by atoms with van der Waals surface area (Å²) in [5, 5.41) is 19.1. The van der Waals surface area contributed by atoms with Crippen LogP contribution in [0, 0.1) is 5.82 Å². The number of carboxylic acids is 1. The molecule has 2 aromatic rings. The van der Waals surface area contributed by atoms with Crippen molar-refractivity contribution in [1.82, 2.24) is 20.2 Å². The monoisotopic (exact) mass is 300 g/mol. The minimum absolute atomic E-state index is 0.0752. The van der Waals surface area contributed by atoms with Gasteiger partial charge in [-0.2, -0.15) is 0 Å². The Bertz CT molecular complexity index is 572. The van der Waals surface area contributed by atoms with Crippen LogP contribution in [0.5, 0.6) is 0 Å². The lowest BCUT2D eigenvalue weighted by Crippen LogP contribution is -2.12. The maximum atomic E-state index is 13.8. The summed E-state index contributed by atoms with van der Waals surface area (Å²) >= 11 is 3.04. The molecular weight excluding hydrogens is 295 g/mol. The molecular formula is C9H6BrFN4O2. The molecule has 8 heteroatoms.